The fraction of sp³-hybridized carbons (Fsp3) is 0.294. The van der Waals surface area contributed by atoms with Crippen molar-refractivity contribution in [1.82, 2.24) is 4.98 Å². The lowest BCUT2D eigenvalue weighted by atomic mass is 9.84. The first kappa shape index (κ1) is 14.7. The van der Waals surface area contributed by atoms with E-state index in [1.807, 2.05) is 6.07 Å². The summed E-state index contributed by atoms with van der Waals surface area (Å²) < 4.78 is 0. The molecule has 0 fully saturated rings. The van der Waals surface area contributed by atoms with Crippen LogP contribution in [0.15, 0.2) is 17.5 Å². The average molecular weight is 343 g/mol. The number of anilines is 1. The minimum Gasteiger partial charge on any atom is -0.397 e. The molecule has 0 saturated heterocycles. The minimum atomic E-state index is -0.478. The molecule has 3 aromatic rings. The number of carbonyl (C=O) groups excluding carboxylic acids is 1. The molecule has 4 nitrogen and oxygen atoms in total. The molecule has 1 aliphatic carbocycles. The second kappa shape index (κ2) is 5.32. The summed E-state index contributed by atoms with van der Waals surface area (Å²) in [5.41, 5.74) is 15.9. The van der Waals surface area contributed by atoms with Gasteiger partial charge in [0.15, 0.2) is 0 Å². The average Bonchev–Trinajstić information content (AvgIpc) is 3.13. The van der Waals surface area contributed by atoms with E-state index in [1.54, 1.807) is 11.3 Å². The SMILES string of the molecule is CC1CCc2c(nc3sc(C(N)=O)c(N)c3c2-c2cccs2)C1. The molecule has 3 heterocycles. The van der Waals surface area contributed by atoms with E-state index in [-0.39, 0.29) is 0 Å². The highest BCUT2D eigenvalue weighted by atomic mass is 32.1. The smallest absolute Gasteiger partial charge is 0.260 e. The van der Waals surface area contributed by atoms with E-state index in [2.05, 4.69) is 18.4 Å². The summed E-state index contributed by atoms with van der Waals surface area (Å²) in [6.07, 6.45) is 3.15. The Morgan fingerprint density at radius 3 is 2.96 bits per heavy atom. The second-order valence-electron chi connectivity index (χ2n) is 6.13. The summed E-state index contributed by atoms with van der Waals surface area (Å²) in [5, 5.41) is 2.97. The first-order valence-corrected chi connectivity index (χ1v) is 9.33. The number of hydrogen-bond donors (Lipinski definition) is 2. The molecule has 23 heavy (non-hydrogen) atoms. The second-order valence-corrected chi connectivity index (χ2v) is 8.07. The van der Waals surface area contributed by atoms with Gasteiger partial charge < -0.3 is 11.5 Å². The number of carbonyl (C=O) groups is 1. The number of nitrogen functional groups attached to an aromatic ring is 1. The first-order valence-electron chi connectivity index (χ1n) is 7.63. The van der Waals surface area contributed by atoms with E-state index in [4.69, 9.17) is 16.5 Å². The number of primary amides is 1. The molecule has 0 radical (unpaired) electrons. The third-order valence-electron chi connectivity index (χ3n) is 4.48. The number of nitrogens with zero attached hydrogens (tertiary/aromatic N) is 1. The van der Waals surface area contributed by atoms with Gasteiger partial charge in [0.25, 0.3) is 5.91 Å². The number of thiophene rings is 2. The highest BCUT2D eigenvalue weighted by Crippen LogP contribution is 2.45. The Balaban J connectivity index is 2.11. The van der Waals surface area contributed by atoms with Gasteiger partial charge in [-0.2, -0.15) is 0 Å². The highest BCUT2D eigenvalue weighted by Gasteiger charge is 2.27. The Kier molecular flexibility index (Phi) is 3.39. The third kappa shape index (κ3) is 2.24. The predicted octanol–water partition coefficient (Wildman–Crippen LogP) is 3.83. The number of nitrogens with two attached hydrogens (primary N) is 2. The maximum atomic E-state index is 11.7. The normalized spacial score (nSPS) is 17.3. The zero-order chi connectivity index (χ0) is 16.1. The molecule has 1 aliphatic rings. The van der Waals surface area contributed by atoms with Crippen molar-refractivity contribution in [3.8, 4) is 10.4 Å². The minimum absolute atomic E-state index is 0.417. The lowest BCUT2D eigenvalue weighted by Crippen LogP contribution is -2.14. The summed E-state index contributed by atoms with van der Waals surface area (Å²) in [6.45, 7) is 2.26. The molecule has 0 saturated carbocycles. The quantitative estimate of drug-likeness (QED) is 0.742. The molecule has 6 heteroatoms. The number of aromatic nitrogens is 1. The fourth-order valence-electron chi connectivity index (χ4n) is 3.37. The molecule has 0 spiro atoms. The summed E-state index contributed by atoms with van der Waals surface area (Å²) >= 11 is 3.01. The summed E-state index contributed by atoms with van der Waals surface area (Å²) in [6, 6.07) is 4.15. The van der Waals surface area contributed by atoms with Crippen molar-refractivity contribution < 1.29 is 4.79 Å². The van der Waals surface area contributed by atoms with Crippen molar-refractivity contribution in [2.24, 2.45) is 11.7 Å². The van der Waals surface area contributed by atoms with Gasteiger partial charge in [0.05, 0.1) is 5.69 Å². The van der Waals surface area contributed by atoms with Gasteiger partial charge in [-0.25, -0.2) is 4.98 Å². The molecule has 4 rings (SSSR count). The van der Waals surface area contributed by atoms with Crippen LogP contribution >= 0.6 is 22.7 Å². The van der Waals surface area contributed by atoms with Gasteiger partial charge in [-0.3, -0.25) is 4.79 Å². The molecule has 1 unspecified atom stereocenters. The Bertz CT molecular complexity index is 912. The van der Waals surface area contributed by atoms with Crippen molar-refractivity contribution >= 4 is 44.5 Å². The standard InChI is InChI=1S/C17H17N3OS2/c1-8-4-5-9-10(7-8)20-17-13(12(9)11-3-2-6-22-11)14(18)15(23-17)16(19)21/h2-3,6,8H,4-5,7,18H2,1H3,(H2,19,21). The van der Waals surface area contributed by atoms with E-state index in [0.717, 1.165) is 40.7 Å². The predicted molar refractivity (Wildman–Crippen MR) is 97.1 cm³/mol. The van der Waals surface area contributed by atoms with Crippen LogP contribution in [0.3, 0.4) is 0 Å². The number of fused-ring (bicyclic) bond motifs is 2. The van der Waals surface area contributed by atoms with Gasteiger partial charge in [-0.05, 0) is 42.2 Å². The summed E-state index contributed by atoms with van der Waals surface area (Å²) in [4.78, 5) is 19.0. The molecule has 118 valence electrons. The maximum absolute atomic E-state index is 11.7. The van der Waals surface area contributed by atoms with Crippen molar-refractivity contribution in [3.05, 3.63) is 33.6 Å². The summed E-state index contributed by atoms with van der Waals surface area (Å²) in [5.74, 6) is 0.158. The van der Waals surface area contributed by atoms with Gasteiger partial charge >= 0.3 is 0 Å². The lowest BCUT2D eigenvalue weighted by Gasteiger charge is -2.23. The van der Waals surface area contributed by atoms with Crippen LogP contribution in [-0.2, 0) is 12.8 Å². The van der Waals surface area contributed by atoms with E-state index in [1.165, 1.54) is 21.8 Å². The van der Waals surface area contributed by atoms with Crippen LogP contribution in [0.2, 0.25) is 0 Å². The first-order chi connectivity index (χ1) is 11.1. The van der Waals surface area contributed by atoms with E-state index in [0.29, 0.717) is 16.5 Å². The molecule has 1 amide bonds. The zero-order valence-electron chi connectivity index (χ0n) is 12.8. The third-order valence-corrected chi connectivity index (χ3v) is 6.48. The van der Waals surface area contributed by atoms with Crippen LogP contribution in [0.25, 0.3) is 20.7 Å². The zero-order valence-corrected chi connectivity index (χ0v) is 14.4. The van der Waals surface area contributed by atoms with E-state index in [9.17, 15) is 4.79 Å². The van der Waals surface area contributed by atoms with Gasteiger partial charge in [-0.15, -0.1) is 22.7 Å². The van der Waals surface area contributed by atoms with Crippen LogP contribution in [0, 0.1) is 5.92 Å². The van der Waals surface area contributed by atoms with Gasteiger partial charge in [0.1, 0.15) is 9.71 Å². The molecule has 4 N–H and O–H groups in total. The number of pyridine rings is 1. The maximum Gasteiger partial charge on any atom is 0.260 e. The van der Waals surface area contributed by atoms with Crippen LogP contribution in [-0.4, -0.2) is 10.9 Å². The van der Waals surface area contributed by atoms with Crippen molar-refractivity contribution in [2.75, 3.05) is 5.73 Å². The topological polar surface area (TPSA) is 82.0 Å². The van der Waals surface area contributed by atoms with Gasteiger partial charge in [0.2, 0.25) is 0 Å². The monoisotopic (exact) mass is 343 g/mol. The van der Waals surface area contributed by atoms with Crippen molar-refractivity contribution in [1.29, 1.82) is 0 Å². The summed E-state index contributed by atoms with van der Waals surface area (Å²) in [7, 11) is 0. The Morgan fingerprint density at radius 1 is 1.43 bits per heavy atom. The number of amides is 1. The van der Waals surface area contributed by atoms with Crippen LogP contribution in [0.1, 0.15) is 34.3 Å². The molecule has 0 aromatic carbocycles. The Morgan fingerprint density at radius 2 is 2.26 bits per heavy atom. The number of hydrogen-bond acceptors (Lipinski definition) is 5. The molecule has 3 aromatic heterocycles. The largest absolute Gasteiger partial charge is 0.397 e. The fourth-order valence-corrected chi connectivity index (χ4v) is 5.15. The van der Waals surface area contributed by atoms with Crippen LogP contribution in [0.5, 0.6) is 0 Å². The molecule has 1 atom stereocenters. The Hall–Kier alpha value is -1.92. The van der Waals surface area contributed by atoms with Gasteiger partial charge in [-0.1, -0.05) is 13.0 Å². The van der Waals surface area contributed by atoms with Crippen LogP contribution < -0.4 is 11.5 Å². The van der Waals surface area contributed by atoms with Gasteiger partial charge in [0, 0.05) is 21.5 Å². The molecule has 0 bridgehead atoms. The highest BCUT2D eigenvalue weighted by molar-refractivity contribution is 7.21. The molecular weight excluding hydrogens is 326 g/mol. The van der Waals surface area contributed by atoms with Crippen molar-refractivity contribution in [2.45, 2.75) is 26.2 Å². The van der Waals surface area contributed by atoms with Crippen molar-refractivity contribution in [3.63, 3.8) is 0 Å². The lowest BCUT2D eigenvalue weighted by molar-refractivity contribution is 0.100. The van der Waals surface area contributed by atoms with Crippen LogP contribution in [0.4, 0.5) is 5.69 Å². The molecular formula is C17H17N3OS2. The van der Waals surface area contributed by atoms with E-state index < -0.39 is 5.91 Å². The molecule has 0 aliphatic heterocycles. The Labute approximate surface area is 142 Å². The number of rotatable bonds is 2. The van der Waals surface area contributed by atoms with E-state index >= 15 is 0 Å².